The number of benzene rings is 1. The van der Waals surface area contributed by atoms with Crippen LogP contribution >= 0.6 is 0 Å². The Hall–Kier alpha value is -1.92. The van der Waals surface area contributed by atoms with E-state index >= 15 is 0 Å². The lowest BCUT2D eigenvalue weighted by Gasteiger charge is -2.22. The van der Waals surface area contributed by atoms with Gasteiger partial charge in [0.2, 0.25) is 0 Å². The van der Waals surface area contributed by atoms with Crippen molar-refractivity contribution < 1.29 is 24.2 Å². The number of hydrogen-bond donors (Lipinski definition) is 2. The van der Waals surface area contributed by atoms with Crippen LogP contribution in [0.4, 0.5) is 5.69 Å². The van der Waals surface area contributed by atoms with E-state index in [1.165, 1.54) is 6.07 Å². The Labute approximate surface area is 116 Å². The molecular formula is C14H17NO5. The third-order valence-corrected chi connectivity index (χ3v) is 3.27. The number of aryl methyl sites for hydroxylation is 1. The number of anilines is 1. The second-order valence-electron chi connectivity index (χ2n) is 4.69. The van der Waals surface area contributed by atoms with Crippen LogP contribution < -0.4 is 5.32 Å². The fourth-order valence-electron chi connectivity index (χ4n) is 2.02. The van der Waals surface area contributed by atoms with Crippen molar-refractivity contribution in [3.05, 3.63) is 28.8 Å². The van der Waals surface area contributed by atoms with Gasteiger partial charge in [0, 0.05) is 5.69 Å². The molecule has 1 fully saturated rings. The van der Waals surface area contributed by atoms with Crippen LogP contribution in [-0.4, -0.2) is 42.9 Å². The summed E-state index contributed by atoms with van der Waals surface area (Å²) in [5, 5.41) is 11.8. The number of aromatic carboxylic acids is 1. The van der Waals surface area contributed by atoms with E-state index in [-0.39, 0.29) is 18.1 Å². The molecule has 2 rings (SSSR count). The van der Waals surface area contributed by atoms with Crippen LogP contribution in [0, 0.1) is 13.8 Å². The Morgan fingerprint density at radius 2 is 2.05 bits per heavy atom. The lowest BCUT2D eigenvalue weighted by Crippen LogP contribution is -2.39. The number of carbonyl (C=O) groups excluding carboxylic acids is 1. The molecule has 0 bridgehead atoms. The average Bonchev–Trinajstić information content (AvgIpc) is 2.43. The minimum atomic E-state index is -1.01. The number of carbonyl (C=O) groups is 2. The van der Waals surface area contributed by atoms with E-state index < -0.39 is 12.1 Å². The summed E-state index contributed by atoms with van der Waals surface area (Å²) in [7, 11) is 0. The van der Waals surface area contributed by atoms with Crippen LogP contribution in [0.3, 0.4) is 0 Å². The highest BCUT2D eigenvalue weighted by Crippen LogP contribution is 2.20. The topological polar surface area (TPSA) is 84.9 Å². The Bertz CT molecular complexity index is 535. The molecule has 0 aliphatic carbocycles. The van der Waals surface area contributed by atoms with Gasteiger partial charge in [-0.1, -0.05) is 0 Å². The van der Waals surface area contributed by atoms with Crippen molar-refractivity contribution in [2.45, 2.75) is 20.0 Å². The van der Waals surface area contributed by atoms with Gasteiger partial charge in [0.05, 0.1) is 25.4 Å². The Morgan fingerprint density at radius 1 is 1.30 bits per heavy atom. The molecule has 0 saturated carbocycles. The average molecular weight is 279 g/mol. The van der Waals surface area contributed by atoms with E-state index in [2.05, 4.69) is 5.32 Å². The zero-order valence-corrected chi connectivity index (χ0v) is 11.4. The monoisotopic (exact) mass is 279 g/mol. The second-order valence-corrected chi connectivity index (χ2v) is 4.69. The number of amides is 1. The van der Waals surface area contributed by atoms with Gasteiger partial charge in [0.25, 0.3) is 5.91 Å². The van der Waals surface area contributed by atoms with Crippen LogP contribution in [0.5, 0.6) is 0 Å². The summed E-state index contributed by atoms with van der Waals surface area (Å²) in [5.41, 5.74) is 2.12. The number of ether oxygens (including phenoxy) is 2. The van der Waals surface area contributed by atoms with Gasteiger partial charge in [-0.25, -0.2) is 4.79 Å². The lowest BCUT2D eigenvalue weighted by molar-refractivity contribution is -0.142. The molecule has 1 heterocycles. The standard InChI is InChI=1S/C14H17NO5/c1-8-5-10(6-11(9(8)2)14(17)18)15-13(16)12-7-19-3-4-20-12/h5-6,12H,3-4,7H2,1-2H3,(H,15,16)(H,17,18). The van der Waals surface area contributed by atoms with Gasteiger partial charge in [-0.3, -0.25) is 4.79 Å². The quantitative estimate of drug-likeness (QED) is 0.872. The van der Waals surface area contributed by atoms with Gasteiger partial charge in [0.15, 0.2) is 6.10 Å². The molecule has 20 heavy (non-hydrogen) atoms. The summed E-state index contributed by atoms with van der Waals surface area (Å²) in [4.78, 5) is 23.1. The van der Waals surface area contributed by atoms with Gasteiger partial charge >= 0.3 is 5.97 Å². The fourth-order valence-corrected chi connectivity index (χ4v) is 2.02. The van der Waals surface area contributed by atoms with Crippen molar-refractivity contribution in [2.24, 2.45) is 0 Å². The highest BCUT2D eigenvalue weighted by Gasteiger charge is 2.23. The first-order valence-electron chi connectivity index (χ1n) is 6.34. The number of carboxylic acid groups (broad SMARTS) is 1. The molecule has 1 saturated heterocycles. The van der Waals surface area contributed by atoms with Crippen molar-refractivity contribution >= 4 is 17.6 Å². The fraction of sp³-hybridized carbons (Fsp3) is 0.429. The maximum absolute atomic E-state index is 12.0. The SMILES string of the molecule is Cc1cc(NC(=O)C2COCCO2)cc(C(=O)O)c1C. The highest BCUT2D eigenvalue weighted by atomic mass is 16.6. The van der Waals surface area contributed by atoms with E-state index in [0.29, 0.717) is 24.5 Å². The third kappa shape index (κ3) is 3.15. The lowest BCUT2D eigenvalue weighted by atomic mass is 10.0. The second kappa shape index (κ2) is 6.02. The number of nitrogens with one attached hydrogen (secondary N) is 1. The molecular weight excluding hydrogens is 262 g/mol. The van der Waals surface area contributed by atoms with Crippen molar-refractivity contribution in [2.75, 3.05) is 25.1 Å². The molecule has 0 radical (unpaired) electrons. The largest absolute Gasteiger partial charge is 0.478 e. The number of rotatable bonds is 3. The van der Waals surface area contributed by atoms with Gasteiger partial charge in [-0.2, -0.15) is 0 Å². The van der Waals surface area contributed by atoms with Crippen molar-refractivity contribution in [3.63, 3.8) is 0 Å². The first kappa shape index (κ1) is 14.5. The van der Waals surface area contributed by atoms with E-state index in [9.17, 15) is 9.59 Å². The van der Waals surface area contributed by atoms with Crippen LogP contribution in [0.2, 0.25) is 0 Å². The Kier molecular flexibility index (Phi) is 4.36. The smallest absolute Gasteiger partial charge is 0.336 e. The molecule has 1 amide bonds. The maximum Gasteiger partial charge on any atom is 0.336 e. The zero-order chi connectivity index (χ0) is 14.7. The third-order valence-electron chi connectivity index (χ3n) is 3.27. The van der Waals surface area contributed by atoms with Gasteiger partial charge in [0.1, 0.15) is 0 Å². The summed E-state index contributed by atoms with van der Waals surface area (Å²) in [6, 6.07) is 3.19. The molecule has 1 aromatic carbocycles. The molecule has 6 nitrogen and oxygen atoms in total. The predicted octanol–water partition coefficient (Wildman–Crippen LogP) is 1.36. The van der Waals surface area contributed by atoms with Gasteiger partial charge in [-0.15, -0.1) is 0 Å². The van der Waals surface area contributed by atoms with E-state index in [4.69, 9.17) is 14.6 Å². The molecule has 6 heteroatoms. The summed E-state index contributed by atoms with van der Waals surface area (Å²) in [5.74, 6) is -1.34. The predicted molar refractivity (Wildman–Crippen MR) is 72.1 cm³/mol. The van der Waals surface area contributed by atoms with E-state index in [1.54, 1.807) is 19.9 Å². The van der Waals surface area contributed by atoms with E-state index in [1.807, 2.05) is 0 Å². The Balaban J connectivity index is 2.16. The molecule has 1 unspecified atom stereocenters. The van der Waals surface area contributed by atoms with Crippen molar-refractivity contribution in [1.29, 1.82) is 0 Å². The van der Waals surface area contributed by atoms with Crippen molar-refractivity contribution in [1.82, 2.24) is 0 Å². The molecule has 0 spiro atoms. The first-order chi connectivity index (χ1) is 9.49. The van der Waals surface area contributed by atoms with Gasteiger partial charge in [-0.05, 0) is 37.1 Å². The summed E-state index contributed by atoms with van der Waals surface area (Å²) in [6.45, 7) is 4.62. The molecule has 1 aromatic rings. The number of hydrogen-bond acceptors (Lipinski definition) is 4. The highest BCUT2D eigenvalue weighted by molar-refractivity contribution is 5.97. The molecule has 108 valence electrons. The molecule has 0 aromatic heterocycles. The maximum atomic E-state index is 12.0. The summed E-state index contributed by atoms with van der Waals surface area (Å²) >= 11 is 0. The molecule has 1 aliphatic heterocycles. The van der Waals surface area contributed by atoms with Crippen molar-refractivity contribution in [3.8, 4) is 0 Å². The van der Waals surface area contributed by atoms with E-state index in [0.717, 1.165) is 5.56 Å². The van der Waals surface area contributed by atoms with Crippen LogP contribution in [0.25, 0.3) is 0 Å². The zero-order valence-electron chi connectivity index (χ0n) is 11.4. The normalized spacial score (nSPS) is 18.6. The molecule has 1 atom stereocenters. The molecule has 2 N–H and O–H groups in total. The summed E-state index contributed by atoms with van der Waals surface area (Å²) < 4.78 is 10.5. The summed E-state index contributed by atoms with van der Waals surface area (Å²) in [6.07, 6.45) is -0.654. The van der Waals surface area contributed by atoms with Crippen LogP contribution in [-0.2, 0) is 14.3 Å². The minimum absolute atomic E-state index is 0.182. The van der Waals surface area contributed by atoms with Gasteiger partial charge < -0.3 is 19.9 Å². The molecule has 1 aliphatic rings. The number of carboxylic acids is 1. The Morgan fingerprint density at radius 3 is 2.65 bits per heavy atom. The first-order valence-corrected chi connectivity index (χ1v) is 6.34. The van der Waals surface area contributed by atoms with Crippen LogP contribution in [0.15, 0.2) is 12.1 Å². The van der Waals surface area contributed by atoms with Crippen LogP contribution in [0.1, 0.15) is 21.5 Å². The minimum Gasteiger partial charge on any atom is -0.478 e.